The van der Waals surface area contributed by atoms with Gasteiger partial charge in [-0.1, -0.05) is 0 Å². The maximum absolute atomic E-state index is 11.4. The maximum atomic E-state index is 11.4. The molecule has 2 amide bonds. The number of aliphatic imine (C=N–C) groups is 1. The number of aromatic nitrogens is 2. The van der Waals surface area contributed by atoms with Crippen LogP contribution in [0.3, 0.4) is 0 Å². The number of nitrogens with one attached hydrogen (secondary N) is 1. The molecule has 2 aliphatic rings. The predicted molar refractivity (Wildman–Crippen MR) is 104 cm³/mol. The molecular formula is C18H25N7O2. The Labute approximate surface area is 157 Å². The zero-order chi connectivity index (χ0) is 19.4. The molecule has 1 aromatic rings. The topological polar surface area (TPSA) is 135 Å². The summed E-state index contributed by atoms with van der Waals surface area (Å²) in [6.45, 7) is 4.18. The molecule has 0 bridgehead atoms. The molecule has 6 N–H and O–H groups in total. The Bertz CT molecular complexity index is 842. The molecule has 0 radical (unpaired) electrons. The zero-order valence-electron chi connectivity index (χ0n) is 15.4. The molecule has 9 nitrogen and oxygen atoms in total. The Morgan fingerprint density at radius 2 is 2.07 bits per heavy atom. The molecule has 1 aliphatic carbocycles. The minimum atomic E-state index is -0.710. The number of nitrogens with zero attached hydrogens (tertiary/aromatic N) is 4. The third-order valence-electron chi connectivity index (χ3n) is 4.57. The summed E-state index contributed by atoms with van der Waals surface area (Å²) in [6, 6.07) is -0.710. The molecule has 1 fully saturated rings. The summed E-state index contributed by atoms with van der Waals surface area (Å²) in [7, 11) is 0. The van der Waals surface area contributed by atoms with Crippen LogP contribution < -0.4 is 16.8 Å². The molecule has 1 aromatic heterocycles. The Morgan fingerprint density at radius 3 is 2.70 bits per heavy atom. The number of likely N-dealkylation sites (tertiary alicyclic amines) is 1. The van der Waals surface area contributed by atoms with Gasteiger partial charge >= 0.3 is 6.03 Å². The normalized spacial score (nSPS) is 20.6. The van der Waals surface area contributed by atoms with Crippen LogP contribution >= 0.6 is 0 Å². The molecule has 9 heteroatoms. The standard InChI is InChI=1S/C18H25N7O2/c1-2-25-16(19)15(11-21-25)22-13-7-6-12(10-14(13)23-18(20)27)17(26)24-8-4-3-5-9-24/h6-7,10-11,26H,2-5,8-9,19H2,1H3,(H3,20,23,27). The second-order valence-corrected chi connectivity index (χ2v) is 6.44. The highest BCUT2D eigenvalue weighted by Gasteiger charge is 2.19. The van der Waals surface area contributed by atoms with Crippen molar-refractivity contribution < 1.29 is 9.90 Å². The predicted octanol–water partition coefficient (Wildman–Crippen LogP) is 1.94. The zero-order valence-corrected chi connectivity index (χ0v) is 15.4. The molecule has 1 aliphatic heterocycles. The molecule has 27 heavy (non-hydrogen) atoms. The third kappa shape index (κ3) is 4.13. The summed E-state index contributed by atoms with van der Waals surface area (Å²) in [5.74, 6) is 0.626. The van der Waals surface area contributed by atoms with Crippen LogP contribution in [0.15, 0.2) is 46.6 Å². The van der Waals surface area contributed by atoms with Crippen molar-refractivity contribution in [1.82, 2.24) is 20.0 Å². The molecule has 1 saturated heterocycles. The fourth-order valence-electron chi connectivity index (χ4n) is 3.15. The Balaban J connectivity index is 1.94. The minimum absolute atomic E-state index is 0.187. The molecular weight excluding hydrogens is 346 g/mol. The molecule has 3 rings (SSSR count). The SMILES string of the molecule is CCn1ncc(N=C2C=CC(=C(O)N3CCCCC3)C=C2NC(N)=O)c1N. The van der Waals surface area contributed by atoms with E-state index in [1.54, 1.807) is 29.1 Å². The first kappa shape index (κ1) is 18.6. The summed E-state index contributed by atoms with van der Waals surface area (Å²) in [5, 5.41) is 17.3. The third-order valence-corrected chi connectivity index (χ3v) is 4.57. The molecule has 0 spiro atoms. The number of nitrogens with two attached hydrogens (primary N) is 2. The van der Waals surface area contributed by atoms with Crippen LogP contribution in [0.2, 0.25) is 0 Å². The summed E-state index contributed by atoms with van der Waals surface area (Å²) in [4.78, 5) is 17.9. The molecule has 0 unspecified atom stereocenters. The highest BCUT2D eigenvalue weighted by atomic mass is 16.3. The van der Waals surface area contributed by atoms with Gasteiger partial charge in [-0.25, -0.2) is 14.5 Å². The number of piperidine rings is 1. The van der Waals surface area contributed by atoms with E-state index in [0.717, 1.165) is 25.9 Å². The van der Waals surface area contributed by atoms with Crippen molar-refractivity contribution in [3.8, 4) is 0 Å². The van der Waals surface area contributed by atoms with E-state index in [0.29, 0.717) is 35.0 Å². The number of urea groups is 1. The lowest BCUT2D eigenvalue weighted by Crippen LogP contribution is -2.33. The lowest BCUT2D eigenvalue weighted by Gasteiger charge is -2.29. The van der Waals surface area contributed by atoms with Gasteiger partial charge in [0, 0.05) is 25.2 Å². The number of rotatable bonds is 4. The average molecular weight is 371 g/mol. The number of aliphatic hydroxyl groups excluding tert-OH is 1. The van der Waals surface area contributed by atoms with E-state index in [2.05, 4.69) is 15.4 Å². The first-order valence-electron chi connectivity index (χ1n) is 9.04. The van der Waals surface area contributed by atoms with Crippen molar-refractivity contribution in [3.63, 3.8) is 0 Å². The van der Waals surface area contributed by atoms with Gasteiger partial charge in [0.05, 0.1) is 17.6 Å². The lowest BCUT2D eigenvalue weighted by molar-refractivity contribution is 0.173. The van der Waals surface area contributed by atoms with Gasteiger partial charge in [-0.05, 0) is 44.4 Å². The fourth-order valence-corrected chi connectivity index (χ4v) is 3.15. The highest BCUT2D eigenvalue weighted by Crippen LogP contribution is 2.25. The van der Waals surface area contributed by atoms with Crippen LogP contribution in [0, 0.1) is 0 Å². The molecule has 144 valence electrons. The Hall–Kier alpha value is -3.23. The summed E-state index contributed by atoms with van der Waals surface area (Å²) in [6.07, 6.45) is 9.96. The largest absolute Gasteiger partial charge is 0.494 e. The van der Waals surface area contributed by atoms with Gasteiger partial charge in [0.15, 0.2) is 5.88 Å². The van der Waals surface area contributed by atoms with Gasteiger partial charge in [-0.15, -0.1) is 0 Å². The number of nitrogen functional groups attached to an aromatic ring is 1. The number of hydrogen-bond acceptors (Lipinski definition) is 6. The van der Waals surface area contributed by atoms with Crippen LogP contribution in [0.1, 0.15) is 26.2 Å². The maximum Gasteiger partial charge on any atom is 0.316 e. The van der Waals surface area contributed by atoms with Gasteiger partial charge < -0.3 is 26.8 Å². The van der Waals surface area contributed by atoms with Crippen LogP contribution in [0.5, 0.6) is 0 Å². The fraction of sp³-hybridized carbons (Fsp3) is 0.389. The van der Waals surface area contributed by atoms with Crippen LogP contribution in [0.4, 0.5) is 16.3 Å². The number of primary amides is 1. The van der Waals surface area contributed by atoms with Crippen molar-refractivity contribution in [1.29, 1.82) is 0 Å². The number of allylic oxidation sites excluding steroid dienone is 4. The van der Waals surface area contributed by atoms with E-state index < -0.39 is 6.03 Å². The summed E-state index contributed by atoms with van der Waals surface area (Å²) in [5.41, 5.74) is 13.3. The number of aliphatic hydroxyl groups is 1. The molecule has 0 saturated carbocycles. The van der Waals surface area contributed by atoms with E-state index >= 15 is 0 Å². The van der Waals surface area contributed by atoms with Crippen molar-refractivity contribution in [2.45, 2.75) is 32.7 Å². The van der Waals surface area contributed by atoms with Gasteiger partial charge in [-0.2, -0.15) is 5.10 Å². The molecule has 0 aromatic carbocycles. The first-order valence-corrected chi connectivity index (χ1v) is 9.04. The quantitative estimate of drug-likeness (QED) is 0.600. The smallest absolute Gasteiger partial charge is 0.316 e. The van der Waals surface area contributed by atoms with Crippen LogP contribution in [-0.2, 0) is 6.54 Å². The minimum Gasteiger partial charge on any atom is -0.494 e. The lowest BCUT2D eigenvalue weighted by atomic mass is 10.0. The van der Waals surface area contributed by atoms with Crippen molar-refractivity contribution in [2.75, 3.05) is 18.8 Å². The van der Waals surface area contributed by atoms with E-state index in [1.165, 1.54) is 6.42 Å². The van der Waals surface area contributed by atoms with Gasteiger partial charge in [0.2, 0.25) is 0 Å². The second kappa shape index (κ2) is 7.98. The van der Waals surface area contributed by atoms with Crippen LogP contribution in [-0.4, -0.2) is 44.6 Å². The van der Waals surface area contributed by atoms with Crippen molar-refractivity contribution in [3.05, 3.63) is 41.6 Å². The number of carbonyl (C=O) groups excluding carboxylic acids is 1. The van der Waals surface area contributed by atoms with Crippen LogP contribution in [0.25, 0.3) is 0 Å². The second-order valence-electron chi connectivity index (χ2n) is 6.44. The number of aryl methyl sites for hydroxylation is 1. The number of amides is 2. The first-order chi connectivity index (χ1) is 13.0. The van der Waals surface area contributed by atoms with Gasteiger partial charge in [-0.3, -0.25) is 0 Å². The monoisotopic (exact) mass is 371 g/mol. The summed E-state index contributed by atoms with van der Waals surface area (Å²) >= 11 is 0. The van der Waals surface area contributed by atoms with Gasteiger partial charge in [0.25, 0.3) is 0 Å². The molecule has 2 heterocycles. The van der Waals surface area contributed by atoms with Crippen molar-refractivity contribution >= 4 is 23.2 Å². The highest BCUT2D eigenvalue weighted by molar-refractivity contribution is 6.13. The Kier molecular flexibility index (Phi) is 5.49. The number of carbonyl (C=O) groups is 1. The summed E-state index contributed by atoms with van der Waals surface area (Å²) < 4.78 is 1.63. The van der Waals surface area contributed by atoms with Crippen molar-refractivity contribution in [2.24, 2.45) is 10.7 Å². The van der Waals surface area contributed by atoms with E-state index in [-0.39, 0.29) is 5.88 Å². The molecule has 0 atom stereocenters. The van der Waals surface area contributed by atoms with E-state index in [9.17, 15) is 9.90 Å². The Morgan fingerprint density at radius 1 is 1.33 bits per heavy atom. The van der Waals surface area contributed by atoms with E-state index in [1.807, 2.05) is 11.8 Å². The average Bonchev–Trinajstić information content (AvgIpc) is 3.02. The van der Waals surface area contributed by atoms with Gasteiger partial charge in [0.1, 0.15) is 11.5 Å². The number of hydrogen-bond donors (Lipinski definition) is 4. The number of anilines is 1. The van der Waals surface area contributed by atoms with E-state index in [4.69, 9.17) is 11.5 Å².